The maximum Gasteiger partial charge on any atom is 0.127 e. The van der Waals surface area contributed by atoms with Crippen molar-refractivity contribution in [3.05, 3.63) is 42.0 Å². The first kappa shape index (κ1) is 12.1. The second kappa shape index (κ2) is 4.97. The van der Waals surface area contributed by atoms with E-state index < -0.39 is 0 Å². The van der Waals surface area contributed by atoms with Gasteiger partial charge in [0.15, 0.2) is 0 Å². The third-order valence-corrected chi connectivity index (χ3v) is 3.38. The molecule has 0 spiro atoms. The van der Waals surface area contributed by atoms with Gasteiger partial charge in [-0.15, -0.1) is 0 Å². The molecular weight excluding hydrogens is 238 g/mol. The summed E-state index contributed by atoms with van der Waals surface area (Å²) in [7, 11) is 0. The predicted molar refractivity (Wildman–Crippen MR) is 74.0 cm³/mol. The molecule has 0 radical (unpaired) electrons. The standard InChI is InChI=1S/C15H17N3O/c1-2-15-17-7-10(8-18-15)12-4-3-5-14-13(12)6-11(16)9-19-14/h3-5,7-8,11H,2,6,9,16H2,1H3/t11-/m0/s1. The summed E-state index contributed by atoms with van der Waals surface area (Å²) in [6.45, 7) is 2.63. The Morgan fingerprint density at radius 2 is 2.11 bits per heavy atom. The smallest absolute Gasteiger partial charge is 0.127 e. The minimum Gasteiger partial charge on any atom is -0.492 e. The predicted octanol–water partition coefficient (Wildman–Crippen LogP) is 1.97. The molecule has 2 aromatic rings. The maximum absolute atomic E-state index is 5.99. The third-order valence-electron chi connectivity index (χ3n) is 3.38. The van der Waals surface area contributed by atoms with Crippen LogP contribution in [0.15, 0.2) is 30.6 Å². The van der Waals surface area contributed by atoms with Gasteiger partial charge in [-0.2, -0.15) is 0 Å². The van der Waals surface area contributed by atoms with Crippen molar-refractivity contribution < 1.29 is 4.74 Å². The van der Waals surface area contributed by atoms with Gasteiger partial charge in [0.2, 0.25) is 0 Å². The fraction of sp³-hybridized carbons (Fsp3) is 0.333. The van der Waals surface area contributed by atoms with Gasteiger partial charge >= 0.3 is 0 Å². The highest BCUT2D eigenvalue weighted by Crippen LogP contribution is 2.33. The lowest BCUT2D eigenvalue weighted by atomic mass is 9.94. The van der Waals surface area contributed by atoms with Crippen LogP contribution in [0.3, 0.4) is 0 Å². The quantitative estimate of drug-likeness (QED) is 0.891. The molecule has 0 fully saturated rings. The van der Waals surface area contributed by atoms with Crippen LogP contribution in [0.4, 0.5) is 0 Å². The molecule has 98 valence electrons. The van der Waals surface area contributed by atoms with Gasteiger partial charge in [0.25, 0.3) is 0 Å². The molecule has 1 aliphatic heterocycles. The van der Waals surface area contributed by atoms with Gasteiger partial charge in [-0.05, 0) is 18.1 Å². The molecular formula is C15H17N3O. The molecule has 0 aliphatic carbocycles. The minimum absolute atomic E-state index is 0.0597. The number of ether oxygens (including phenoxy) is 1. The van der Waals surface area contributed by atoms with E-state index in [9.17, 15) is 0 Å². The van der Waals surface area contributed by atoms with Crippen molar-refractivity contribution in [3.63, 3.8) is 0 Å². The molecule has 2 heterocycles. The maximum atomic E-state index is 5.99. The Balaban J connectivity index is 2.04. The van der Waals surface area contributed by atoms with E-state index in [4.69, 9.17) is 10.5 Å². The highest BCUT2D eigenvalue weighted by molar-refractivity contribution is 5.69. The van der Waals surface area contributed by atoms with E-state index in [0.29, 0.717) is 6.61 Å². The lowest BCUT2D eigenvalue weighted by Gasteiger charge is -2.24. The number of nitrogens with zero attached hydrogens (tertiary/aromatic N) is 2. The monoisotopic (exact) mass is 255 g/mol. The molecule has 0 saturated carbocycles. The molecule has 0 amide bonds. The number of nitrogens with two attached hydrogens (primary N) is 1. The summed E-state index contributed by atoms with van der Waals surface area (Å²) < 4.78 is 5.68. The van der Waals surface area contributed by atoms with Crippen molar-refractivity contribution in [3.8, 4) is 16.9 Å². The van der Waals surface area contributed by atoms with E-state index in [-0.39, 0.29) is 6.04 Å². The molecule has 1 aromatic heterocycles. The van der Waals surface area contributed by atoms with E-state index in [2.05, 4.69) is 16.0 Å². The zero-order valence-electron chi connectivity index (χ0n) is 11.0. The number of hydrogen-bond acceptors (Lipinski definition) is 4. The minimum atomic E-state index is 0.0597. The van der Waals surface area contributed by atoms with Crippen LogP contribution in [0.5, 0.6) is 5.75 Å². The van der Waals surface area contributed by atoms with Gasteiger partial charge in [0.05, 0.1) is 0 Å². The van der Waals surface area contributed by atoms with Gasteiger partial charge in [-0.25, -0.2) is 9.97 Å². The SMILES string of the molecule is CCc1ncc(-c2cccc3c2C[C@H](N)CO3)cn1. The second-order valence-corrected chi connectivity index (χ2v) is 4.80. The van der Waals surface area contributed by atoms with Crippen molar-refractivity contribution in [2.45, 2.75) is 25.8 Å². The number of fused-ring (bicyclic) bond motifs is 1. The highest BCUT2D eigenvalue weighted by atomic mass is 16.5. The van der Waals surface area contributed by atoms with Crippen LogP contribution >= 0.6 is 0 Å². The largest absolute Gasteiger partial charge is 0.492 e. The van der Waals surface area contributed by atoms with E-state index in [1.807, 2.05) is 31.5 Å². The van der Waals surface area contributed by atoms with E-state index in [0.717, 1.165) is 41.1 Å². The van der Waals surface area contributed by atoms with Crippen LogP contribution in [-0.4, -0.2) is 22.6 Å². The summed E-state index contributed by atoms with van der Waals surface area (Å²) in [5.41, 5.74) is 9.29. The van der Waals surface area contributed by atoms with Crippen molar-refractivity contribution in [1.29, 1.82) is 0 Å². The van der Waals surface area contributed by atoms with Gasteiger partial charge in [0, 0.05) is 36.0 Å². The fourth-order valence-corrected chi connectivity index (χ4v) is 2.38. The number of rotatable bonds is 2. The Labute approximate surface area is 112 Å². The van der Waals surface area contributed by atoms with Crippen LogP contribution in [0.2, 0.25) is 0 Å². The summed E-state index contributed by atoms with van der Waals surface area (Å²) in [5.74, 6) is 1.79. The summed E-state index contributed by atoms with van der Waals surface area (Å²) in [5, 5.41) is 0. The summed E-state index contributed by atoms with van der Waals surface area (Å²) >= 11 is 0. The third kappa shape index (κ3) is 2.31. The van der Waals surface area contributed by atoms with Gasteiger partial charge in [0.1, 0.15) is 18.2 Å². The molecule has 0 bridgehead atoms. The number of benzene rings is 1. The molecule has 4 nitrogen and oxygen atoms in total. The van der Waals surface area contributed by atoms with E-state index in [1.165, 1.54) is 0 Å². The first-order chi connectivity index (χ1) is 9.28. The van der Waals surface area contributed by atoms with Crippen molar-refractivity contribution in [2.24, 2.45) is 5.73 Å². The molecule has 1 aromatic carbocycles. The van der Waals surface area contributed by atoms with Gasteiger partial charge < -0.3 is 10.5 Å². The van der Waals surface area contributed by atoms with Crippen LogP contribution in [0.1, 0.15) is 18.3 Å². The summed E-state index contributed by atoms with van der Waals surface area (Å²) in [6.07, 6.45) is 5.44. The Morgan fingerprint density at radius 3 is 2.84 bits per heavy atom. The molecule has 0 saturated heterocycles. The number of aromatic nitrogens is 2. The molecule has 2 N–H and O–H groups in total. The van der Waals surface area contributed by atoms with Crippen molar-refractivity contribution >= 4 is 0 Å². The number of hydrogen-bond donors (Lipinski definition) is 1. The first-order valence-corrected chi connectivity index (χ1v) is 6.59. The topological polar surface area (TPSA) is 61.0 Å². The zero-order valence-corrected chi connectivity index (χ0v) is 11.0. The van der Waals surface area contributed by atoms with Crippen LogP contribution in [0, 0.1) is 0 Å². The zero-order chi connectivity index (χ0) is 13.2. The van der Waals surface area contributed by atoms with Crippen molar-refractivity contribution in [2.75, 3.05) is 6.61 Å². The first-order valence-electron chi connectivity index (χ1n) is 6.59. The number of aryl methyl sites for hydroxylation is 1. The average Bonchev–Trinajstić information content (AvgIpc) is 2.47. The van der Waals surface area contributed by atoms with E-state index in [1.54, 1.807) is 0 Å². The Morgan fingerprint density at radius 1 is 1.32 bits per heavy atom. The normalized spacial score (nSPS) is 17.7. The van der Waals surface area contributed by atoms with E-state index >= 15 is 0 Å². The Bertz CT molecular complexity index is 580. The molecule has 3 rings (SSSR count). The summed E-state index contributed by atoms with van der Waals surface area (Å²) in [4.78, 5) is 8.72. The lowest BCUT2D eigenvalue weighted by Crippen LogP contribution is -2.34. The fourth-order valence-electron chi connectivity index (χ4n) is 2.38. The van der Waals surface area contributed by atoms with Gasteiger partial charge in [-0.3, -0.25) is 0 Å². The van der Waals surface area contributed by atoms with Crippen LogP contribution in [-0.2, 0) is 12.8 Å². The molecule has 1 aliphatic rings. The molecule has 1 atom stereocenters. The molecule has 4 heteroatoms. The lowest BCUT2D eigenvalue weighted by molar-refractivity contribution is 0.264. The highest BCUT2D eigenvalue weighted by Gasteiger charge is 2.20. The summed E-state index contributed by atoms with van der Waals surface area (Å²) in [6, 6.07) is 6.12. The Kier molecular flexibility index (Phi) is 3.17. The Hall–Kier alpha value is -1.94. The van der Waals surface area contributed by atoms with Gasteiger partial charge in [-0.1, -0.05) is 19.1 Å². The van der Waals surface area contributed by atoms with Crippen LogP contribution in [0.25, 0.3) is 11.1 Å². The molecule has 19 heavy (non-hydrogen) atoms. The second-order valence-electron chi connectivity index (χ2n) is 4.80. The van der Waals surface area contributed by atoms with Crippen molar-refractivity contribution in [1.82, 2.24) is 9.97 Å². The van der Waals surface area contributed by atoms with Crippen LogP contribution < -0.4 is 10.5 Å². The molecule has 0 unspecified atom stereocenters. The average molecular weight is 255 g/mol.